The van der Waals surface area contributed by atoms with Crippen molar-refractivity contribution in [2.45, 2.75) is 106 Å². The van der Waals surface area contributed by atoms with E-state index in [0.717, 1.165) is 38.5 Å². The van der Waals surface area contributed by atoms with E-state index in [2.05, 4.69) is 27.7 Å². The first-order valence-electron chi connectivity index (χ1n) is 10.7. The third-order valence-corrected chi connectivity index (χ3v) is 6.69. The molecule has 1 fully saturated rings. The molecule has 0 aromatic heterocycles. The first-order valence-corrected chi connectivity index (χ1v) is 10.7. The lowest BCUT2D eigenvalue weighted by molar-refractivity contribution is -0.174. The summed E-state index contributed by atoms with van der Waals surface area (Å²) in [6.07, 6.45) is 7.09. The van der Waals surface area contributed by atoms with Crippen molar-refractivity contribution in [2.24, 2.45) is 22.7 Å². The van der Waals surface area contributed by atoms with Crippen molar-refractivity contribution in [1.82, 2.24) is 0 Å². The van der Waals surface area contributed by atoms with Crippen LogP contribution in [-0.4, -0.2) is 24.1 Å². The maximum absolute atomic E-state index is 12.6. The maximum Gasteiger partial charge on any atom is 0.344 e. The Bertz CT molecular complexity index is 507. The predicted molar refractivity (Wildman–Crippen MR) is 109 cm³/mol. The van der Waals surface area contributed by atoms with E-state index in [4.69, 9.17) is 9.47 Å². The van der Waals surface area contributed by atoms with Gasteiger partial charge in [0.15, 0.2) is 6.61 Å². The summed E-state index contributed by atoms with van der Waals surface area (Å²) < 4.78 is 11.2. The topological polar surface area (TPSA) is 52.6 Å². The summed E-state index contributed by atoms with van der Waals surface area (Å²) in [5, 5.41) is 0. The molecule has 0 aliphatic heterocycles. The molecule has 1 aliphatic rings. The van der Waals surface area contributed by atoms with Gasteiger partial charge in [-0.3, -0.25) is 4.79 Å². The molecule has 0 amide bonds. The van der Waals surface area contributed by atoms with Crippen LogP contribution in [0.15, 0.2) is 0 Å². The summed E-state index contributed by atoms with van der Waals surface area (Å²) in [4.78, 5) is 25.0. The summed E-state index contributed by atoms with van der Waals surface area (Å²) in [5.74, 6) is -0.741. The zero-order valence-corrected chi connectivity index (χ0v) is 18.9. The lowest BCUT2D eigenvalue weighted by Gasteiger charge is -2.33. The number of hydrogen-bond acceptors (Lipinski definition) is 4. The van der Waals surface area contributed by atoms with Crippen LogP contribution in [0.2, 0.25) is 0 Å². The largest absolute Gasteiger partial charge is 0.457 e. The molecule has 1 rings (SSSR count). The highest BCUT2D eigenvalue weighted by Crippen LogP contribution is 2.42. The van der Waals surface area contributed by atoms with Crippen molar-refractivity contribution in [3.63, 3.8) is 0 Å². The van der Waals surface area contributed by atoms with Gasteiger partial charge in [-0.05, 0) is 55.8 Å². The third-order valence-electron chi connectivity index (χ3n) is 6.69. The molecule has 4 heteroatoms. The molecule has 0 aromatic rings. The lowest BCUT2D eigenvalue weighted by atomic mass is 9.73. The molecule has 27 heavy (non-hydrogen) atoms. The molecule has 4 nitrogen and oxygen atoms in total. The van der Waals surface area contributed by atoms with E-state index < -0.39 is 11.6 Å². The van der Waals surface area contributed by atoms with Gasteiger partial charge in [0.25, 0.3) is 0 Å². The predicted octanol–water partition coefficient (Wildman–Crippen LogP) is 5.92. The third kappa shape index (κ3) is 7.12. The molecule has 0 N–H and O–H groups in total. The summed E-state index contributed by atoms with van der Waals surface area (Å²) in [5.41, 5.74) is -0.308. The van der Waals surface area contributed by atoms with Gasteiger partial charge in [-0.25, -0.2) is 4.79 Å². The van der Waals surface area contributed by atoms with Crippen molar-refractivity contribution in [3.05, 3.63) is 0 Å². The molecule has 0 spiro atoms. The number of hydrogen-bond donors (Lipinski definition) is 0. The van der Waals surface area contributed by atoms with E-state index in [1.165, 1.54) is 6.42 Å². The van der Waals surface area contributed by atoms with Crippen LogP contribution >= 0.6 is 0 Å². The Balaban J connectivity index is 2.62. The van der Waals surface area contributed by atoms with Gasteiger partial charge in [-0.15, -0.1) is 0 Å². The van der Waals surface area contributed by atoms with Crippen LogP contribution in [0.4, 0.5) is 0 Å². The average Bonchev–Trinajstić information content (AvgIpc) is 2.71. The number of rotatable bonds is 7. The molecule has 0 aromatic carbocycles. The van der Waals surface area contributed by atoms with Crippen LogP contribution in [0.1, 0.15) is 100 Å². The fraction of sp³-hybridized carbons (Fsp3) is 0.913. The normalized spacial score (nSPS) is 28.7. The zero-order valence-electron chi connectivity index (χ0n) is 18.9. The lowest BCUT2D eigenvalue weighted by Crippen LogP contribution is -2.37. The minimum absolute atomic E-state index is 0.200. The van der Waals surface area contributed by atoms with E-state index in [0.29, 0.717) is 5.41 Å². The first kappa shape index (κ1) is 24.0. The minimum atomic E-state index is -0.448. The van der Waals surface area contributed by atoms with Crippen LogP contribution in [-0.2, 0) is 19.1 Å². The van der Waals surface area contributed by atoms with Crippen LogP contribution in [0.25, 0.3) is 0 Å². The summed E-state index contributed by atoms with van der Waals surface area (Å²) >= 11 is 0. The highest BCUT2D eigenvalue weighted by molar-refractivity contribution is 5.78. The van der Waals surface area contributed by atoms with Crippen molar-refractivity contribution in [3.8, 4) is 0 Å². The molecule has 158 valence electrons. The second-order valence-electron chi connectivity index (χ2n) is 10.3. The monoisotopic (exact) mass is 382 g/mol. The maximum atomic E-state index is 12.6. The van der Waals surface area contributed by atoms with E-state index in [-0.39, 0.29) is 29.8 Å². The van der Waals surface area contributed by atoms with Crippen molar-refractivity contribution < 1.29 is 19.1 Å². The van der Waals surface area contributed by atoms with Gasteiger partial charge in [-0.2, -0.15) is 0 Å². The van der Waals surface area contributed by atoms with Crippen LogP contribution < -0.4 is 0 Å². The molecule has 0 bridgehead atoms. The second kappa shape index (κ2) is 9.43. The standard InChI is InChI=1S/C23H42O4/c1-9-17(3)19(21(4,5)6)20(25)26-16-18(24)27-23(8)13-11-12-22(7,10-2)14-15-23/h17,19H,9-16H2,1-8H3. The molecule has 4 atom stereocenters. The van der Waals surface area contributed by atoms with E-state index >= 15 is 0 Å². The van der Waals surface area contributed by atoms with Crippen molar-refractivity contribution in [2.75, 3.05) is 6.61 Å². The summed E-state index contributed by atoms with van der Waals surface area (Å²) in [7, 11) is 0. The molecule has 1 saturated carbocycles. The smallest absolute Gasteiger partial charge is 0.344 e. The van der Waals surface area contributed by atoms with Gasteiger partial charge in [0, 0.05) is 0 Å². The van der Waals surface area contributed by atoms with Crippen LogP contribution in [0, 0.1) is 22.7 Å². The van der Waals surface area contributed by atoms with Gasteiger partial charge < -0.3 is 9.47 Å². The van der Waals surface area contributed by atoms with Gasteiger partial charge in [0.2, 0.25) is 0 Å². The van der Waals surface area contributed by atoms with Gasteiger partial charge >= 0.3 is 11.9 Å². The van der Waals surface area contributed by atoms with Crippen LogP contribution in [0.5, 0.6) is 0 Å². The second-order valence-corrected chi connectivity index (χ2v) is 10.3. The molecule has 4 unspecified atom stereocenters. The quantitative estimate of drug-likeness (QED) is 0.405. The van der Waals surface area contributed by atoms with Gasteiger partial charge in [0.1, 0.15) is 5.60 Å². The Kier molecular flexibility index (Phi) is 8.37. The van der Waals surface area contributed by atoms with E-state index in [9.17, 15) is 9.59 Å². The highest BCUT2D eigenvalue weighted by Gasteiger charge is 2.38. The Hall–Kier alpha value is -1.06. The first-order chi connectivity index (χ1) is 12.4. The fourth-order valence-electron chi connectivity index (χ4n) is 4.36. The summed E-state index contributed by atoms with van der Waals surface area (Å²) in [6, 6.07) is 0. The summed E-state index contributed by atoms with van der Waals surface area (Å²) in [6.45, 7) is 16.5. The van der Waals surface area contributed by atoms with Crippen molar-refractivity contribution in [1.29, 1.82) is 0 Å². The molecule has 0 radical (unpaired) electrons. The molecule has 0 saturated heterocycles. The Labute approximate surface area is 166 Å². The van der Waals surface area contributed by atoms with Gasteiger partial charge in [0.05, 0.1) is 5.92 Å². The number of ether oxygens (including phenoxy) is 2. The molecular formula is C23H42O4. The SMILES string of the molecule is CCC(C)C(C(=O)OCC(=O)OC1(C)CCCC(C)(CC)CC1)C(C)(C)C. The van der Waals surface area contributed by atoms with Crippen LogP contribution in [0.3, 0.4) is 0 Å². The fourth-order valence-corrected chi connectivity index (χ4v) is 4.36. The number of carbonyl (C=O) groups is 2. The minimum Gasteiger partial charge on any atom is -0.457 e. The Morgan fingerprint density at radius 3 is 2.19 bits per heavy atom. The molecule has 0 heterocycles. The highest BCUT2D eigenvalue weighted by atomic mass is 16.6. The molecule has 1 aliphatic carbocycles. The molecular weight excluding hydrogens is 340 g/mol. The Morgan fingerprint density at radius 1 is 1.04 bits per heavy atom. The number of esters is 2. The van der Waals surface area contributed by atoms with Crippen molar-refractivity contribution >= 4 is 11.9 Å². The van der Waals surface area contributed by atoms with E-state index in [1.54, 1.807) is 0 Å². The van der Waals surface area contributed by atoms with E-state index in [1.807, 2.05) is 27.7 Å². The van der Waals surface area contributed by atoms with Gasteiger partial charge in [-0.1, -0.05) is 61.3 Å². The zero-order chi connectivity index (χ0) is 20.9. The Morgan fingerprint density at radius 2 is 1.67 bits per heavy atom. The average molecular weight is 383 g/mol. The number of carbonyl (C=O) groups excluding carboxylic acids is 2.